The molecule has 0 unspecified atom stereocenters. The summed E-state index contributed by atoms with van der Waals surface area (Å²) in [7, 11) is -4.25. The van der Waals surface area contributed by atoms with Gasteiger partial charge in [-0.05, 0) is 81.5 Å². The van der Waals surface area contributed by atoms with Gasteiger partial charge in [0.15, 0.2) is 0 Å². The third-order valence-electron chi connectivity index (χ3n) is 7.23. The van der Waals surface area contributed by atoms with Crippen LogP contribution in [0.3, 0.4) is 0 Å². The van der Waals surface area contributed by atoms with Crippen molar-refractivity contribution in [2.45, 2.75) is 57.6 Å². The lowest BCUT2D eigenvalue weighted by molar-refractivity contribution is -0.133. The van der Waals surface area contributed by atoms with Gasteiger partial charge in [-0.2, -0.15) is 9.57 Å². The molecule has 0 atom stereocenters. The molecule has 0 heterocycles. The average Bonchev–Trinajstić information content (AvgIpc) is 3.05. The minimum absolute atomic E-state index is 0.0266. The molecule has 0 aliphatic heterocycles. The molecule has 0 bridgehead atoms. The van der Waals surface area contributed by atoms with E-state index in [1.165, 1.54) is 17.0 Å². The van der Waals surface area contributed by atoms with Crippen molar-refractivity contribution in [1.82, 2.24) is 19.8 Å². The Morgan fingerprint density at radius 1 is 0.918 bits per heavy atom. The number of rotatable bonds is 15. The Bertz CT molecular complexity index is 1760. The number of amides is 3. The number of ether oxygens (including phenoxy) is 1. The number of nitrogens with zero attached hydrogens (tertiary/aromatic N) is 3. The second-order valence-electron chi connectivity index (χ2n) is 12.2. The van der Waals surface area contributed by atoms with Gasteiger partial charge >= 0.3 is 6.09 Å². The number of halogens is 2. The lowest BCUT2D eigenvalue weighted by Gasteiger charge is -2.25. The molecule has 0 aromatic heterocycles. The Morgan fingerprint density at radius 3 is 2.22 bits per heavy atom. The number of hydrogen-bond acceptors (Lipinski definition) is 7. The molecule has 0 aliphatic carbocycles. The monoisotopic (exact) mass is 729 g/mol. The number of sulfonamides is 1. The number of carbonyl (C=O) groups is 3. The molecule has 3 rings (SSSR count). The van der Waals surface area contributed by atoms with E-state index in [1.54, 1.807) is 52.0 Å². The summed E-state index contributed by atoms with van der Waals surface area (Å²) in [5, 5.41) is 14.6. The Labute approximate surface area is 298 Å². The van der Waals surface area contributed by atoms with Crippen molar-refractivity contribution in [1.29, 1.82) is 5.26 Å². The lowest BCUT2D eigenvalue weighted by atomic mass is 10.1. The lowest BCUT2D eigenvalue weighted by Crippen LogP contribution is -2.45. The van der Waals surface area contributed by atoms with Crippen LogP contribution in [0.15, 0.2) is 71.6 Å². The zero-order valence-electron chi connectivity index (χ0n) is 28.0. The molecule has 0 radical (unpaired) electrons. The van der Waals surface area contributed by atoms with Crippen LogP contribution in [0.4, 0.5) is 4.79 Å². The van der Waals surface area contributed by atoms with Crippen LogP contribution in [-0.2, 0) is 37.3 Å². The summed E-state index contributed by atoms with van der Waals surface area (Å²) in [6.07, 6.45) is 0.139. The minimum Gasteiger partial charge on any atom is -0.444 e. The molecule has 3 aromatic rings. The van der Waals surface area contributed by atoms with Crippen molar-refractivity contribution >= 4 is 51.1 Å². The molecule has 0 saturated carbocycles. The molecular formula is C35H41Cl2N5O6S. The van der Waals surface area contributed by atoms with E-state index in [0.717, 1.165) is 15.4 Å². The van der Waals surface area contributed by atoms with Gasteiger partial charge in [0, 0.05) is 31.2 Å². The molecule has 11 nitrogen and oxygen atoms in total. The summed E-state index contributed by atoms with van der Waals surface area (Å²) in [5.41, 5.74) is 1.84. The van der Waals surface area contributed by atoms with Gasteiger partial charge in [0.1, 0.15) is 10.5 Å². The minimum atomic E-state index is -4.25. The van der Waals surface area contributed by atoms with E-state index in [2.05, 4.69) is 16.7 Å². The number of benzene rings is 3. The molecule has 2 N–H and O–H groups in total. The van der Waals surface area contributed by atoms with E-state index in [4.69, 9.17) is 33.2 Å². The standard InChI is InChI=1S/C35H41Cl2N5O6S/c1-25-29(36)15-16-30(33(25)37)49(46,47)42(20-17-26-9-6-5-7-10-26)24-31(43)40-22-32(44)41(23-28-13-11-27(21-38)12-14-28)19-8-18-39-34(45)48-35(2,3)4/h5-7,9-16H,8,17-20,22-24H2,1-4H3,(H,39,45)(H,40,43). The number of alkyl carbamates (subject to hydrolysis) is 1. The molecule has 3 aromatic carbocycles. The summed E-state index contributed by atoms with van der Waals surface area (Å²) >= 11 is 12.6. The smallest absolute Gasteiger partial charge is 0.407 e. The molecule has 49 heavy (non-hydrogen) atoms. The van der Waals surface area contributed by atoms with Gasteiger partial charge < -0.3 is 20.3 Å². The first-order chi connectivity index (χ1) is 23.1. The number of nitriles is 1. The maximum absolute atomic E-state index is 13.8. The van der Waals surface area contributed by atoms with Crippen molar-refractivity contribution in [3.05, 3.63) is 99.0 Å². The fourth-order valence-corrected chi connectivity index (χ4v) is 6.81. The molecule has 0 spiro atoms. The number of hydrogen-bond donors (Lipinski definition) is 2. The van der Waals surface area contributed by atoms with Crippen LogP contribution in [0, 0.1) is 18.3 Å². The first kappa shape index (κ1) is 39.3. The number of nitrogens with one attached hydrogen (secondary N) is 2. The van der Waals surface area contributed by atoms with Crippen LogP contribution in [0.2, 0.25) is 10.0 Å². The van der Waals surface area contributed by atoms with Crippen LogP contribution >= 0.6 is 23.2 Å². The van der Waals surface area contributed by atoms with Gasteiger partial charge in [-0.3, -0.25) is 9.59 Å². The Hall–Kier alpha value is -4.15. The van der Waals surface area contributed by atoms with Crippen molar-refractivity contribution in [2.75, 3.05) is 32.7 Å². The van der Waals surface area contributed by atoms with Crippen LogP contribution in [0.25, 0.3) is 0 Å². The fraction of sp³-hybridized carbons (Fsp3) is 0.371. The Morgan fingerprint density at radius 2 is 1.59 bits per heavy atom. The summed E-state index contributed by atoms with van der Waals surface area (Å²) < 4.78 is 33.9. The molecule has 262 valence electrons. The zero-order chi connectivity index (χ0) is 36.2. The van der Waals surface area contributed by atoms with E-state index < -0.39 is 46.6 Å². The predicted octanol–water partition coefficient (Wildman–Crippen LogP) is 5.47. The molecule has 0 fully saturated rings. The highest BCUT2D eigenvalue weighted by Gasteiger charge is 2.30. The largest absolute Gasteiger partial charge is 0.444 e. The van der Waals surface area contributed by atoms with E-state index in [-0.39, 0.29) is 36.1 Å². The van der Waals surface area contributed by atoms with E-state index >= 15 is 0 Å². The summed E-state index contributed by atoms with van der Waals surface area (Å²) in [5.74, 6) is -1.11. The average molecular weight is 731 g/mol. The van der Waals surface area contributed by atoms with E-state index in [1.807, 2.05) is 30.3 Å². The van der Waals surface area contributed by atoms with Crippen molar-refractivity contribution in [3.63, 3.8) is 0 Å². The third kappa shape index (κ3) is 12.4. The summed E-state index contributed by atoms with van der Waals surface area (Å²) in [6, 6.07) is 20.8. The van der Waals surface area contributed by atoms with Gasteiger partial charge in [0.2, 0.25) is 21.8 Å². The highest BCUT2D eigenvalue weighted by atomic mass is 35.5. The second kappa shape index (κ2) is 18.0. The maximum Gasteiger partial charge on any atom is 0.407 e. The van der Waals surface area contributed by atoms with Gasteiger partial charge in [0.25, 0.3) is 0 Å². The highest BCUT2D eigenvalue weighted by molar-refractivity contribution is 7.89. The van der Waals surface area contributed by atoms with Crippen molar-refractivity contribution in [2.24, 2.45) is 0 Å². The van der Waals surface area contributed by atoms with Gasteiger partial charge in [0.05, 0.1) is 29.7 Å². The Kier molecular flexibility index (Phi) is 14.4. The molecule has 3 amide bonds. The molecular weight excluding hydrogens is 689 g/mol. The fourth-order valence-electron chi connectivity index (χ4n) is 4.63. The molecule has 14 heteroatoms. The van der Waals surface area contributed by atoms with Gasteiger partial charge in [-0.25, -0.2) is 13.2 Å². The highest BCUT2D eigenvalue weighted by Crippen LogP contribution is 2.32. The number of carbonyl (C=O) groups excluding carboxylic acids is 3. The van der Waals surface area contributed by atoms with Crippen molar-refractivity contribution in [3.8, 4) is 6.07 Å². The van der Waals surface area contributed by atoms with Gasteiger partial charge in [-0.15, -0.1) is 0 Å². The Balaban J connectivity index is 1.72. The van der Waals surface area contributed by atoms with Crippen LogP contribution in [0.1, 0.15) is 49.4 Å². The summed E-state index contributed by atoms with van der Waals surface area (Å²) in [6.45, 7) is 6.53. The quantitative estimate of drug-likeness (QED) is 0.197. The normalized spacial score (nSPS) is 11.5. The zero-order valence-corrected chi connectivity index (χ0v) is 30.3. The third-order valence-corrected chi connectivity index (χ3v) is 10.1. The van der Waals surface area contributed by atoms with Crippen LogP contribution < -0.4 is 10.6 Å². The maximum atomic E-state index is 13.8. The first-order valence-electron chi connectivity index (χ1n) is 15.6. The second-order valence-corrected chi connectivity index (χ2v) is 14.9. The predicted molar refractivity (Wildman–Crippen MR) is 189 cm³/mol. The summed E-state index contributed by atoms with van der Waals surface area (Å²) in [4.78, 5) is 40.0. The van der Waals surface area contributed by atoms with Crippen LogP contribution in [0.5, 0.6) is 0 Å². The van der Waals surface area contributed by atoms with Gasteiger partial charge in [-0.1, -0.05) is 65.7 Å². The van der Waals surface area contributed by atoms with Crippen LogP contribution in [-0.4, -0.2) is 73.9 Å². The van der Waals surface area contributed by atoms with E-state index in [0.29, 0.717) is 29.0 Å². The van der Waals surface area contributed by atoms with E-state index in [9.17, 15) is 22.8 Å². The first-order valence-corrected chi connectivity index (χ1v) is 17.8. The topological polar surface area (TPSA) is 149 Å². The van der Waals surface area contributed by atoms with Crippen molar-refractivity contribution < 1.29 is 27.5 Å². The molecule has 0 aliphatic rings. The molecule has 0 saturated heterocycles. The SMILES string of the molecule is Cc1c(Cl)ccc(S(=O)(=O)N(CCc2ccccc2)CC(=O)NCC(=O)N(CCCNC(=O)OC(C)(C)C)Cc2ccc(C#N)cc2)c1Cl.